The number of pyridine rings is 4. The molecule has 4 nitrogen and oxygen atoms in total. The molecule has 4 aromatic heterocycles. The van der Waals surface area contributed by atoms with E-state index in [-0.39, 0.29) is 0 Å². The van der Waals surface area contributed by atoms with Gasteiger partial charge in [-0.3, -0.25) is 9.97 Å². The van der Waals surface area contributed by atoms with Crippen molar-refractivity contribution in [1.29, 1.82) is 0 Å². The molecule has 2 aliphatic heterocycles. The van der Waals surface area contributed by atoms with Crippen molar-refractivity contribution in [3.05, 3.63) is 170 Å². The van der Waals surface area contributed by atoms with Gasteiger partial charge in [0.05, 0.1) is 33.5 Å². The summed E-state index contributed by atoms with van der Waals surface area (Å²) in [5.74, 6) is 0. The van der Waals surface area contributed by atoms with Gasteiger partial charge in [0.2, 0.25) is 0 Å². The van der Waals surface area contributed by atoms with Gasteiger partial charge >= 0.3 is 0 Å². The van der Waals surface area contributed by atoms with Crippen LogP contribution in [0.2, 0.25) is 0 Å². The Morgan fingerprint density at radius 1 is 0.321 bits per heavy atom. The second-order valence-electron chi connectivity index (χ2n) is 14.2. The van der Waals surface area contributed by atoms with Crippen LogP contribution in [-0.2, 0) is 0 Å². The van der Waals surface area contributed by atoms with Crippen LogP contribution in [0, 0.1) is 0 Å². The van der Waals surface area contributed by atoms with Crippen LogP contribution >= 0.6 is 0 Å². The zero-order chi connectivity index (χ0) is 34.7. The maximum Gasteiger partial charge on any atom is 0.182 e. The lowest BCUT2D eigenvalue weighted by Crippen LogP contribution is -2.70. The zero-order valence-corrected chi connectivity index (χ0v) is 29.5. The SMILES string of the molecule is c1ccc2c(c1)-c1ccc(-c3ccc4ccc5cccnc5c4n3)cc1[Si]21c2ccccc2-c2ccc(-c3ccc4ccc5cccnc5c4n3)cc21. The average molecular weight is 689 g/mol. The van der Waals surface area contributed by atoms with E-state index in [1.54, 1.807) is 0 Å². The van der Waals surface area contributed by atoms with E-state index in [9.17, 15) is 0 Å². The van der Waals surface area contributed by atoms with Gasteiger partial charge in [0.25, 0.3) is 0 Å². The Morgan fingerprint density at radius 3 is 1.23 bits per heavy atom. The summed E-state index contributed by atoms with van der Waals surface area (Å²) in [7, 11) is -2.76. The molecular formula is C48H28N4Si. The van der Waals surface area contributed by atoms with E-state index in [1.807, 2.05) is 24.5 Å². The summed E-state index contributed by atoms with van der Waals surface area (Å²) in [5, 5.41) is 10.1. The van der Waals surface area contributed by atoms with Crippen LogP contribution in [0.25, 0.3) is 88.4 Å². The van der Waals surface area contributed by atoms with Crippen LogP contribution < -0.4 is 20.7 Å². The second-order valence-corrected chi connectivity index (χ2v) is 17.8. The van der Waals surface area contributed by atoms with Gasteiger partial charge in [0.15, 0.2) is 8.07 Å². The third kappa shape index (κ3) is 3.89. The number of fused-ring (bicyclic) bond motifs is 16. The molecule has 6 aromatic carbocycles. The van der Waals surface area contributed by atoms with Crippen molar-refractivity contribution in [1.82, 2.24) is 19.9 Å². The molecule has 0 saturated heterocycles. The Bertz CT molecular complexity index is 2990. The van der Waals surface area contributed by atoms with Crippen molar-refractivity contribution in [2.24, 2.45) is 0 Å². The molecule has 1 spiro atoms. The maximum absolute atomic E-state index is 5.29. The van der Waals surface area contributed by atoms with E-state index in [0.717, 1.165) is 66.1 Å². The van der Waals surface area contributed by atoms with E-state index in [0.29, 0.717) is 0 Å². The van der Waals surface area contributed by atoms with E-state index in [2.05, 4.69) is 146 Å². The standard InChI is InChI=1S/C48H28N4Si/c1-3-11-41-35(9-1)37-21-17-33(39-23-19-31-15-13-29-7-5-25-49-45(29)47(31)51-39)27-43(37)53(41)42-12-4-2-10-36(42)38-22-18-34(28-44(38)53)40-24-20-32-16-14-30-8-6-26-50-46(30)48(32)52-40/h1-28H. The summed E-state index contributed by atoms with van der Waals surface area (Å²) in [6.45, 7) is 0. The first-order chi connectivity index (χ1) is 26.3. The fourth-order valence-electron chi connectivity index (χ4n) is 9.23. The normalized spacial score (nSPS) is 13.4. The lowest BCUT2D eigenvalue weighted by atomic mass is 10.0. The highest BCUT2D eigenvalue weighted by molar-refractivity contribution is 7.24. The monoisotopic (exact) mass is 688 g/mol. The Kier molecular flexibility index (Phi) is 5.77. The predicted octanol–water partition coefficient (Wildman–Crippen LogP) is 8.55. The Balaban J connectivity index is 1.11. The molecule has 53 heavy (non-hydrogen) atoms. The first-order valence-electron chi connectivity index (χ1n) is 18.0. The van der Waals surface area contributed by atoms with E-state index >= 15 is 0 Å². The topological polar surface area (TPSA) is 51.6 Å². The molecule has 5 heteroatoms. The molecule has 0 aliphatic carbocycles. The third-order valence-corrected chi connectivity index (χ3v) is 16.5. The molecule has 0 bridgehead atoms. The third-order valence-electron chi connectivity index (χ3n) is 11.5. The maximum atomic E-state index is 5.29. The number of hydrogen-bond acceptors (Lipinski definition) is 4. The van der Waals surface area contributed by atoms with Crippen LogP contribution in [-0.4, -0.2) is 28.0 Å². The first-order valence-corrected chi connectivity index (χ1v) is 20.0. The summed E-state index contributed by atoms with van der Waals surface area (Å²) < 4.78 is 0. The van der Waals surface area contributed by atoms with Crippen molar-refractivity contribution in [2.45, 2.75) is 0 Å². The summed E-state index contributed by atoms with van der Waals surface area (Å²) in [4.78, 5) is 20.1. The average Bonchev–Trinajstić information content (AvgIpc) is 3.70. The molecule has 6 heterocycles. The van der Waals surface area contributed by atoms with Gasteiger partial charge in [-0.25, -0.2) is 9.97 Å². The molecule has 12 rings (SSSR count). The molecular weight excluding hydrogens is 661 g/mol. The molecule has 244 valence electrons. The number of hydrogen-bond donors (Lipinski definition) is 0. The van der Waals surface area contributed by atoms with Crippen LogP contribution in [0.1, 0.15) is 0 Å². The van der Waals surface area contributed by atoms with Crippen LogP contribution in [0.4, 0.5) is 0 Å². The van der Waals surface area contributed by atoms with Gasteiger partial charge in [0, 0.05) is 45.1 Å². The molecule has 2 aliphatic rings. The number of aromatic nitrogens is 4. The molecule has 0 amide bonds. The quantitative estimate of drug-likeness (QED) is 0.135. The molecule has 0 radical (unpaired) electrons. The molecule has 0 atom stereocenters. The van der Waals surface area contributed by atoms with E-state index in [4.69, 9.17) is 19.9 Å². The summed E-state index contributed by atoms with van der Waals surface area (Å²) >= 11 is 0. The van der Waals surface area contributed by atoms with Crippen LogP contribution in [0.15, 0.2) is 170 Å². The molecule has 0 fully saturated rings. The van der Waals surface area contributed by atoms with Gasteiger partial charge < -0.3 is 0 Å². The first kappa shape index (κ1) is 28.8. The Hall–Kier alpha value is -6.82. The van der Waals surface area contributed by atoms with Gasteiger partial charge in [-0.2, -0.15) is 0 Å². The molecule has 0 N–H and O–H groups in total. The van der Waals surface area contributed by atoms with Crippen LogP contribution in [0.5, 0.6) is 0 Å². The zero-order valence-electron chi connectivity index (χ0n) is 28.5. The van der Waals surface area contributed by atoms with E-state index < -0.39 is 8.07 Å². The number of nitrogens with zero attached hydrogens (tertiary/aromatic N) is 4. The highest BCUT2D eigenvalue weighted by Crippen LogP contribution is 2.39. The van der Waals surface area contributed by atoms with Gasteiger partial charge in [-0.15, -0.1) is 0 Å². The summed E-state index contributed by atoms with van der Waals surface area (Å²) in [5.41, 5.74) is 13.2. The minimum absolute atomic E-state index is 0.934. The van der Waals surface area contributed by atoms with Crippen LogP contribution in [0.3, 0.4) is 0 Å². The molecule has 0 unspecified atom stereocenters. The summed E-state index contributed by atoms with van der Waals surface area (Å²) in [6.07, 6.45) is 3.71. The largest absolute Gasteiger partial charge is 0.254 e. The van der Waals surface area contributed by atoms with Gasteiger partial charge in [-0.1, -0.05) is 133 Å². The number of rotatable bonds is 2. The lowest BCUT2D eigenvalue weighted by Gasteiger charge is -2.28. The van der Waals surface area contributed by atoms with Crippen molar-refractivity contribution < 1.29 is 0 Å². The molecule has 0 saturated carbocycles. The lowest BCUT2D eigenvalue weighted by molar-refractivity contribution is 1.37. The van der Waals surface area contributed by atoms with Gasteiger partial charge in [-0.05, 0) is 67.3 Å². The minimum atomic E-state index is -2.76. The van der Waals surface area contributed by atoms with Crippen molar-refractivity contribution >= 4 is 72.4 Å². The van der Waals surface area contributed by atoms with Gasteiger partial charge in [0.1, 0.15) is 0 Å². The number of benzene rings is 6. The fourth-order valence-corrected chi connectivity index (χ4v) is 14.9. The van der Waals surface area contributed by atoms with Crippen molar-refractivity contribution in [3.8, 4) is 44.8 Å². The highest BCUT2D eigenvalue weighted by Gasteiger charge is 2.54. The Morgan fingerprint density at radius 2 is 0.736 bits per heavy atom. The van der Waals surface area contributed by atoms with Crippen molar-refractivity contribution in [2.75, 3.05) is 0 Å². The van der Waals surface area contributed by atoms with Crippen molar-refractivity contribution in [3.63, 3.8) is 0 Å². The predicted molar refractivity (Wildman–Crippen MR) is 220 cm³/mol. The van der Waals surface area contributed by atoms with E-state index in [1.165, 1.54) is 43.0 Å². The fraction of sp³-hybridized carbons (Fsp3) is 0. The summed E-state index contributed by atoms with van der Waals surface area (Å²) in [6, 6.07) is 57.7. The molecule has 10 aromatic rings. The Labute approximate surface area is 306 Å². The highest BCUT2D eigenvalue weighted by atomic mass is 28.3. The minimum Gasteiger partial charge on any atom is -0.254 e. The second kappa shape index (κ2) is 10.6. The smallest absolute Gasteiger partial charge is 0.182 e.